The van der Waals surface area contributed by atoms with Crippen molar-refractivity contribution in [2.75, 3.05) is 5.32 Å². The number of halogens is 1. The highest BCUT2D eigenvalue weighted by Crippen LogP contribution is 2.26. The number of nitrogens with one attached hydrogen (secondary N) is 1. The van der Waals surface area contributed by atoms with Gasteiger partial charge >= 0.3 is 5.69 Å². The van der Waals surface area contributed by atoms with Crippen LogP contribution in [0.2, 0.25) is 5.28 Å². The maximum Gasteiger partial charge on any atom is 0.332 e. The molecule has 0 spiro atoms. The molecule has 0 aliphatic heterocycles. The Bertz CT molecular complexity index is 604. The molecule has 1 N–H and O–H groups in total. The lowest BCUT2D eigenvalue weighted by molar-refractivity contribution is -0.385. The van der Waals surface area contributed by atoms with Crippen molar-refractivity contribution in [1.82, 2.24) is 9.97 Å². The first-order valence-electron chi connectivity index (χ1n) is 5.54. The van der Waals surface area contributed by atoms with Gasteiger partial charge in [0.2, 0.25) is 11.1 Å². The van der Waals surface area contributed by atoms with Gasteiger partial charge in [0.15, 0.2) is 0 Å². The second kappa shape index (κ2) is 5.62. The summed E-state index contributed by atoms with van der Waals surface area (Å²) in [5.74, 6) is 0.131. The lowest BCUT2D eigenvalue weighted by Crippen LogP contribution is -2.07. The second-order valence-electron chi connectivity index (χ2n) is 3.87. The summed E-state index contributed by atoms with van der Waals surface area (Å²) in [4.78, 5) is 18.1. The summed E-state index contributed by atoms with van der Waals surface area (Å²) in [5, 5.41) is 13.9. The number of nitro groups is 1. The summed E-state index contributed by atoms with van der Waals surface area (Å²) in [7, 11) is 0. The van der Waals surface area contributed by atoms with E-state index in [0.717, 1.165) is 5.56 Å². The summed E-state index contributed by atoms with van der Waals surface area (Å²) < 4.78 is 0. The molecule has 0 fully saturated rings. The monoisotopic (exact) mass is 278 g/mol. The number of hydrogen-bond acceptors (Lipinski definition) is 5. The maximum atomic E-state index is 11.0. The van der Waals surface area contributed by atoms with E-state index in [1.807, 2.05) is 30.3 Å². The molecule has 19 heavy (non-hydrogen) atoms. The highest BCUT2D eigenvalue weighted by molar-refractivity contribution is 6.28. The minimum Gasteiger partial charge on any atom is -0.360 e. The van der Waals surface area contributed by atoms with E-state index in [0.29, 0.717) is 6.54 Å². The third-order valence-electron chi connectivity index (χ3n) is 2.52. The molecular formula is C12H11ClN4O2. The summed E-state index contributed by atoms with van der Waals surface area (Å²) in [6.45, 7) is 1.95. The van der Waals surface area contributed by atoms with E-state index in [1.165, 1.54) is 6.92 Å². The van der Waals surface area contributed by atoms with Crippen LogP contribution in [0.5, 0.6) is 0 Å². The van der Waals surface area contributed by atoms with Crippen molar-refractivity contribution >= 4 is 23.1 Å². The maximum absolute atomic E-state index is 11.0. The standard InChI is InChI=1S/C12H11ClN4O2/c1-8-10(17(18)19)11(16-12(13)15-8)14-7-9-5-3-2-4-6-9/h2-6H,7H2,1H3,(H,14,15,16). The van der Waals surface area contributed by atoms with Gasteiger partial charge in [0.1, 0.15) is 5.69 Å². The fraction of sp³-hybridized carbons (Fsp3) is 0.167. The molecule has 0 aliphatic rings. The number of aromatic nitrogens is 2. The largest absolute Gasteiger partial charge is 0.360 e. The first kappa shape index (κ1) is 13.2. The van der Waals surface area contributed by atoms with E-state index < -0.39 is 4.92 Å². The van der Waals surface area contributed by atoms with Gasteiger partial charge in [-0.3, -0.25) is 10.1 Å². The summed E-state index contributed by atoms with van der Waals surface area (Å²) in [6.07, 6.45) is 0. The number of nitrogens with zero attached hydrogens (tertiary/aromatic N) is 3. The second-order valence-corrected chi connectivity index (χ2v) is 4.21. The van der Waals surface area contributed by atoms with Crippen molar-refractivity contribution in [2.24, 2.45) is 0 Å². The summed E-state index contributed by atoms with van der Waals surface area (Å²) in [6, 6.07) is 9.51. The van der Waals surface area contributed by atoms with Gasteiger partial charge in [-0.05, 0) is 24.1 Å². The van der Waals surface area contributed by atoms with Crippen LogP contribution in [0.1, 0.15) is 11.3 Å². The van der Waals surface area contributed by atoms with Gasteiger partial charge < -0.3 is 5.32 Å². The normalized spacial score (nSPS) is 10.2. The van der Waals surface area contributed by atoms with E-state index in [-0.39, 0.29) is 22.5 Å². The third-order valence-corrected chi connectivity index (χ3v) is 2.69. The zero-order valence-electron chi connectivity index (χ0n) is 10.1. The zero-order chi connectivity index (χ0) is 13.8. The van der Waals surface area contributed by atoms with Crippen molar-refractivity contribution in [2.45, 2.75) is 13.5 Å². The number of hydrogen-bond donors (Lipinski definition) is 1. The van der Waals surface area contributed by atoms with Crippen LogP contribution in [0.4, 0.5) is 11.5 Å². The smallest absolute Gasteiger partial charge is 0.332 e. The Kier molecular flexibility index (Phi) is 3.91. The molecule has 0 radical (unpaired) electrons. The van der Waals surface area contributed by atoms with Crippen LogP contribution in [0, 0.1) is 17.0 Å². The van der Waals surface area contributed by atoms with Crippen molar-refractivity contribution in [3.8, 4) is 0 Å². The number of aryl methyl sites for hydroxylation is 1. The average Bonchev–Trinajstić information content (AvgIpc) is 2.36. The first-order chi connectivity index (χ1) is 9.08. The van der Waals surface area contributed by atoms with Crippen LogP contribution < -0.4 is 5.32 Å². The molecule has 6 nitrogen and oxygen atoms in total. The fourth-order valence-electron chi connectivity index (χ4n) is 1.66. The Balaban J connectivity index is 2.27. The topological polar surface area (TPSA) is 81.0 Å². The fourth-order valence-corrected chi connectivity index (χ4v) is 1.87. The molecule has 0 amide bonds. The quantitative estimate of drug-likeness (QED) is 0.528. The lowest BCUT2D eigenvalue weighted by atomic mass is 10.2. The minimum atomic E-state index is -0.515. The van der Waals surface area contributed by atoms with Crippen LogP contribution in [0.25, 0.3) is 0 Å². The Labute approximate surface area is 114 Å². The van der Waals surface area contributed by atoms with Crippen molar-refractivity contribution in [1.29, 1.82) is 0 Å². The first-order valence-corrected chi connectivity index (χ1v) is 5.92. The predicted octanol–water partition coefficient (Wildman–Crippen LogP) is 2.96. The van der Waals surface area contributed by atoms with Crippen molar-refractivity contribution in [3.05, 3.63) is 57.0 Å². The SMILES string of the molecule is Cc1nc(Cl)nc(NCc2ccccc2)c1[N+](=O)[O-]. The van der Waals surface area contributed by atoms with Gasteiger partial charge in [-0.15, -0.1) is 0 Å². The molecule has 98 valence electrons. The van der Waals surface area contributed by atoms with Gasteiger partial charge in [0.25, 0.3) is 0 Å². The molecule has 1 aromatic carbocycles. The van der Waals surface area contributed by atoms with Crippen LogP contribution in [0.3, 0.4) is 0 Å². The molecule has 7 heteroatoms. The summed E-state index contributed by atoms with van der Waals surface area (Å²) >= 11 is 5.72. The van der Waals surface area contributed by atoms with Crippen LogP contribution in [-0.2, 0) is 6.54 Å². The Morgan fingerprint density at radius 2 is 2.00 bits per heavy atom. The van der Waals surface area contributed by atoms with Crippen LogP contribution >= 0.6 is 11.6 Å². The van der Waals surface area contributed by atoms with Crippen molar-refractivity contribution in [3.63, 3.8) is 0 Å². The predicted molar refractivity (Wildman–Crippen MR) is 72.2 cm³/mol. The Morgan fingerprint density at radius 1 is 1.32 bits per heavy atom. The molecular weight excluding hydrogens is 268 g/mol. The van der Waals surface area contributed by atoms with E-state index in [2.05, 4.69) is 15.3 Å². The minimum absolute atomic E-state index is 0.0151. The number of anilines is 1. The van der Waals surface area contributed by atoms with Crippen LogP contribution in [0.15, 0.2) is 30.3 Å². The van der Waals surface area contributed by atoms with Gasteiger partial charge in [-0.2, -0.15) is 4.98 Å². The molecule has 0 aliphatic carbocycles. The van der Waals surface area contributed by atoms with E-state index >= 15 is 0 Å². The molecule has 0 saturated heterocycles. The van der Waals surface area contributed by atoms with Gasteiger partial charge in [-0.25, -0.2) is 4.98 Å². The summed E-state index contributed by atoms with van der Waals surface area (Å²) in [5.41, 5.74) is 1.07. The van der Waals surface area contributed by atoms with Gasteiger partial charge in [-0.1, -0.05) is 30.3 Å². The highest BCUT2D eigenvalue weighted by Gasteiger charge is 2.21. The molecule has 2 aromatic rings. The van der Waals surface area contributed by atoms with Gasteiger partial charge in [0.05, 0.1) is 4.92 Å². The number of benzene rings is 1. The van der Waals surface area contributed by atoms with Crippen LogP contribution in [-0.4, -0.2) is 14.9 Å². The third kappa shape index (κ3) is 3.17. The van der Waals surface area contributed by atoms with E-state index in [1.54, 1.807) is 0 Å². The van der Waals surface area contributed by atoms with E-state index in [4.69, 9.17) is 11.6 Å². The molecule has 0 atom stereocenters. The molecule has 2 rings (SSSR count). The van der Waals surface area contributed by atoms with Crippen molar-refractivity contribution < 1.29 is 4.92 Å². The molecule has 1 heterocycles. The molecule has 0 saturated carbocycles. The highest BCUT2D eigenvalue weighted by atomic mass is 35.5. The van der Waals surface area contributed by atoms with Gasteiger partial charge in [0, 0.05) is 6.54 Å². The average molecular weight is 279 g/mol. The molecule has 0 bridgehead atoms. The Morgan fingerprint density at radius 3 is 2.63 bits per heavy atom. The molecule has 0 unspecified atom stereocenters. The zero-order valence-corrected chi connectivity index (χ0v) is 10.9. The molecule has 1 aromatic heterocycles. The van der Waals surface area contributed by atoms with E-state index in [9.17, 15) is 10.1 Å². The number of rotatable bonds is 4. The lowest BCUT2D eigenvalue weighted by Gasteiger charge is -2.07. The Hall–Kier alpha value is -2.21.